The summed E-state index contributed by atoms with van der Waals surface area (Å²) in [6, 6.07) is 0. The molecule has 1 aliphatic heterocycles. The van der Waals surface area contributed by atoms with Crippen LogP contribution in [0.5, 0.6) is 0 Å². The van der Waals surface area contributed by atoms with Gasteiger partial charge >= 0.3 is 0 Å². The summed E-state index contributed by atoms with van der Waals surface area (Å²) in [5, 5.41) is 0. The van der Waals surface area contributed by atoms with Crippen molar-refractivity contribution in [2.45, 2.75) is 45.8 Å². The van der Waals surface area contributed by atoms with E-state index in [-0.39, 0.29) is 5.79 Å². The average molecular weight is 184 g/mol. The van der Waals surface area contributed by atoms with E-state index < -0.39 is 0 Å². The molecular formula is C11H20O2. The van der Waals surface area contributed by atoms with Crippen LogP contribution in [0.25, 0.3) is 0 Å². The number of rotatable bonds is 3. The molecule has 0 amide bonds. The van der Waals surface area contributed by atoms with Gasteiger partial charge in [0.15, 0.2) is 5.79 Å². The van der Waals surface area contributed by atoms with Crippen molar-refractivity contribution in [3.63, 3.8) is 0 Å². The summed E-state index contributed by atoms with van der Waals surface area (Å²) < 4.78 is 11.2. The van der Waals surface area contributed by atoms with Crippen molar-refractivity contribution in [2.75, 3.05) is 13.2 Å². The van der Waals surface area contributed by atoms with Crippen LogP contribution in [0.1, 0.15) is 40.0 Å². The van der Waals surface area contributed by atoms with Gasteiger partial charge in [0.1, 0.15) is 0 Å². The zero-order chi connectivity index (χ0) is 9.73. The summed E-state index contributed by atoms with van der Waals surface area (Å²) in [5.41, 5.74) is 1.36. The van der Waals surface area contributed by atoms with Crippen LogP contribution in [0.4, 0.5) is 0 Å². The van der Waals surface area contributed by atoms with Crippen LogP contribution in [0.15, 0.2) is 11.6 Å². The molecule has 1 saturated heterocycles. The maximum absolute atomic E-state index is 5.60. The van der Waals surface area contributed by atoms with E-state index in [0.717, 1.165) is 32.5 Å². The standard InChI is InChI=1S/C11H20O2/c1-10(2)6-4-7-11(3)12-8-5-9-13-11/h6H,4-5,7-9H2,1-3H3. The van der Waals surface area contributed by atoms with Crippen molar-refractivity contribution < 1.29 is 9.47 Å². The first-order valence-electron chi connectivity index (χ1n) is 5.04. The number of hydrogen-bond donors (Lipinski definition) is 0. The molecule has 2 nitrogen and oxygen atoms in total. The molecular weight excluding hydrogens is 164 g/mol. The zero-order valence-electron chi connectivity index (χ0n) is 8.93. The molecule has 0 saturated carbocycles. The molecule has 1 aliphatic rings. The van der Waals surface area contributed by atoms with Gasteiger partial charge in [-0.1, -0.05) is 11.6 Å². The predicted molar refractivity (Wildman–Crippen MR) is 53.6 cm³/mol. The Balaban J connectivity index is 2.29. The third-order valence-electron chi connectivity index (χ3n) is 2.25. The molecule has 0 aliphatic carbocycles. The lowest BCUT2D eigenvalue weighted by atomic mass is 10.1. The van der Waals surface area contributed by atoms with Gasteiger partial charge in [-0.15, -0.1) is 0 Å². The third kappa shape index (κ3) is 3.92. The SMILES string of the molecule is CC(C)=CCCC1(C)OCCCO1. The van der Waals surface area contributed by atoms with E-state index in [0.29, 0.717) is 0 Å². The van der Waals surface area contributed by atoms with Crippen molar-refractivity contribution in [3.05, 3.63) is 11.6 Å². The van der Waals surface area contributed by atoms with Gasteiger partial charge in [-0.2, -0.15) is 0 Å². The van der Waals surface area contributed by atoms with E-state index in [9.17, 15) is 0 Å². The summed E-state index contributed by atoms with van der Waals surface area (Å²) in [7, 11) is 0. The molecule has 76 valence electrons. The molecule has 1 heterocycles. The van der Waals surface area contributed by atoms with Crippen LogP contribution >= 0.6 is 0 Å². The summed E-state index contributed by atoms with van der Waals surface area (Å²) in [4.78, 5) is 0. The maximum atomic E-state index is 5.60. The van der Waals surface area contributed by atoms with Gasteiger partial charge in [-0.05, 0) is 33.6 Å². The molecule has 0 unspecified atom stereocenters. The predicted octanol–water partition coefficient (Wildman–Crippen LogP) is 2.89. The highest BCUT2D eigenvalue weighted by Crippen LogP contribution is 2.23. The maximum Gasteiger partial charge on any atom is 0.165 e. The summed E-state index contributed by atoms with van der Waals surface area (Å²) in [6.45, 7) is 7.94. The van der Waals surface area contributed by atoms with Gasteiger partial charge < -0.3 is 9.47 Å². The zero-order valence-corrected chi connectivity index (χ0v) is 8.93. The van der Waals surface area contributed by atoms with Gasteiger partial charge in [-0.25, -0.2) is 0 Å². The number of ether oxygens (including phenoxy) is 2. The summed E-state index contributed by atoms with van der Waals surface area (Å²) >= 11 is 0. The highest BCUT2D eigenvalue weighted by molar-refractivity contribution is 4.93. The Hall–Kier alpha value is -0.340. The number of allylic oxidation sites excluding steroid dienone is 2. The minimum absolute atomic E-state index is 0.329. The third-order valence-corrected chi connectivity index (χ3v) is 2.25. The Morgan fingerprint density at radius 3 is 2.46 bits per heavy atom. The quantitative estimate of drug-likeness (QED) is 0.628. The van der Waals surface area contributed by atoms with E-state index in [2.05, 4.69) is 19.9 Å². The van der Waals surface area contributed by atoms with Crippen LogP contribution < -0.4 is 0 Å². The van der Waals surface area contributed by atoms with E-state index in [4.69, 9.17) is 9.47 Å². The largest absolute Gasteiger partial charge is 0.350 e. The molecule has 1 rings (SSSR count). The fraction of sp³-hybridized carbons (Fsp3) is 0.818. The fourth-order valence-electron chi connectivity index (χ4n) is 1.44. The summed E-state index contributed by atoms with van der Waals surface area (Å²) in [5.74, 6) is -0.329. The first-order valence-corrected chi connectivity index (χ1v) is 5.04. The second-order valence-corrected chi connectivity index (χ2v) is 4.00. The monoisotopic (exact) mass is 184 g/mol. The molecule has 2 heteroatoms. The van der Waals surface area contributed by atoms with Gasteiger partial charge in [0.05, 0.1) is 13.2 Å². The normalized spacial score (nSPS) is 21.2. The Labute approximate surface area is 80.9 Å². The molecule has 0 spiro atoms. The second-order valence-electron chi connectivity index (χ2n) is 4.00. The van der Waals surface area contributed by atoms with E-state index in [1.165, 1.54) is 5.57 Å². The van der Waals surface area contributed by atoms with Gasteiger partial charge in [0.25, 0.3) is 0 Å². The van der Waals surface area contributed by atoms with Crippen LogP contribution in [0.2, 0.25) is 0 Å². The summed E-state index contributed by atoms with van der Waals surface area (Å²) in [6.07, 6.45) is 5.25. The second kappa shape index (κ2) is 4.77. The van der Waals surface area contributed by atoms with E-state index in [1.54, 1.807) is 0 Å². The van der Waals surface area contributed by atoms with E-state index >= 15 is 0 Å². The average Bonchev–Trinajstić information content (AvgIpc) is 2.04. The molecule has 0 N–H and O–H groups in total. The molecule has 0 aromatic rings. The van der Waals surface area contributed by atoms with Gasteiger partial charge in [0, 0.05) is 6.42 Å². The Morgan fingerprint density at radius 1 is 1.31 bits per heavy atom. The Morgan fingerprint density at radius 2 is 1.92 bits per heavy atom. The first kappa shape index (κ1) is 10.7. The lowest BCUT2D eigenvalue weighted by Gasteiger charge is -2.33. The van der Waals surface area contributed by atoms with E-state index in [1.807, 2.05) is 6.92 Å². The van der Waals surface area contributed by atoms with Crippen molar-refractivity contribution in [2.24, 2.45) is 0 Å². The molecule has 0 aromatic heterocycles. The van der Waals surface area contributed by atoms with Crippen molar-refractivity contribution >= 4 is 0 Å². The minimum atomic E-state index is -0.329. The Kier molecular flexibility index (Phi) is 3.94. The molecule has 0 aromatic carbocycles. The van der Waals surface area contributed by atoms with Crippen LogP contribution in [0, 0.1) is 0 Å². The fourth-order valence-corrected chi connectivity index (χ4v) is 1.44. The van der Waals surface area contributed by atoms with Gasteiger partial charge in [-0.3, -0.25) is 0 Å². The molecule has 0 bridgehead atoms. The van der Waals surface area contributed by atoms with Gasteiger partial charge in [0.2, 0.25) is 0 Å². The van der Waals surface area contributed by atoms with Crippen molar-refractivity contribution in [3.8, 4) is 0 Å². The molecule has 13 heavy (non-hydrogen) atoms. The molecule has 0 radical (unpaired) electrons. The minimum Gasteiger partial charge on any atom is -0.350 e. The smallest absolute Gasteiger partial charge is 0.165 e. The molecule has 0 atom stereocenters. The molecule has 1 fully saturated rings. The van der Waals surface area contributed by atoms with Crippen molar-refractivity contribution in [1.29, 1.82) is 0 Å². The topological polar surface area (TPSA) is 18.5 Å². The number of hydrogen-bond acceptors (Lipinski definition) is 2. The van der Waals surface area contributed by atoms with Crippen LogP contribution in [-0.2, 0) is 9.47 Å². The lowest BCUT2D eigenvalue weighted by molar-refractivity contribution is -0.258. The highest BCUT2D eigenvalue weighted by Gasteiger charge is 2.27. The highest BCUT2D eigenvalue weighted by atomic mass is 16.7. The Bertz CT molecular complexity index is 175. The first-order chi connectivity index (χ1) is 6.12. The van der Waals surface area contributed by atoms with Crippen LogP contribution in [0.3, 0.4) is 0 Å². The lowest BCUT2D eigenvalue weighted by Crippen LogP contribution is -2.37. The van der Waals surface area contributed by atoms with Crippen LogP contribution in [-0.4, -0.2) is 19.0 Å². The van der Waals surface area contributed by atoms with Crippen molar-refractivity contribution in [1.82, 2.24) is 0 Å².